The van der Waals surface area contributed by atoms with Crippen LogP contribution in [0.4, 0.5) is 0 Å². The Morgan fingerprint density at radius 2 is 1.82 bits per heavy atom. The number of methoxy groups -OCH3 is 1. The monoisotopic (exact) mass is 541 g/mol. The maximum atomic E-state index is 11.5. The van der Waals surface area contributed by atoms with Crippen LogP contribution >= 0.6 is 0 Å². The molecule has 0 aliphatic carbocycles. The third-order valence-electron chi connectivity index (χ3n) is 7.22. The molecule has 0 bridgehead atoms. The number of carbonyl (C=O) groups is 1. The van der Waals surface area contributed by atoms with Gasteiger partial charge in [-0.2, -0.15) is 0 Å². The van der Waals surface area contributed by atoms with E-state index in [-0.39, 0.29) is 22.9 Å². The molecule has 0 amide bonds. The van der Waals surface area contributed by atoms with Gasteiger partial charge in [0.15, 0.2) is 0 Å². The summed E-state index contributed by atoms with van der Waals surface area (Å²) in [5.41, 5.74) is 5.35. The number of carboxylic acid groups (broad SMARTS) is 1. The number of pyridine rings is 1. The molecule has 1 aliphatic heterocycles. The van der Waals surface area contributed by atoms with Crippen LogP contribution in [0, 0.1) is 6.92 Å². The summed E-state index contributed by atoms with van der Waals surface area (Å²) in [7, 11) is 1.67. The number of imidazole rings is 1. The Morgan fingerprint density at radius 3 is 2.54 bits per heavy atom. The van der Waals surface area contributed by atoms with E-state index in [4.69, 9.17) is 19.4 Å². The number of ether oxygens (including phenoxy) is 2. The molecule has 0 unspecified atom stereocenters. The highest BCUT2D eigenvalue weighted by atomic mass is 27.0. The molecule has 3 radical (unpaired) electrons. The minimum Gasteiger partial charge on any atom is -0.478 e. The zero-order valence-electron chi connectivity index (χ0n) is 22.5. The van der Waals surface area contributed by atoms with E-state index in [1.54, 1.807) is 25.3 Å². The average Bonchev–Trinajstić information content (AvgIpc) is 3.28. The first-order valence-corrected chi connectivity index (χ1v) is 13.1. The van der Waals surface area contributed by atoms with E-state index in [1.807, 2.05) is 12.1 Å². The molecule has 201 valence electrons. The van der Waals surface area contributed by atoms with E-state index in [0.29, 0.717) is 38.1 Å². The van der Waals surface area contributed by atoms with Crippen molar-refractivity contribution >= 4 is 34.4 Å². The van der Waals surface area contributed by atoms with Crippen LogP contribution in [0.5, 0.6) is 5.88 Å². The number of aromatic nitrogens is 3. The van der Waals surface area contributed by atoms with Crippen molar-refractivity contribution in [2.45, 2.75) is 45.4 Å². The number of likely N-dealkylation sites (tertiary alicyclic amines) is 1. The van der Waals surface area contributed by atoms with Gasteiger partial charge in [0, 0.05) is 48.7 Å². The second-order valence-electron chi connectivity index (χ2n) is 9.91. The van der Waals surface area contributed by atoms with Crippen molar-refractivity contribution in [3.63, 3.8) is 0 Å². The molecule has 4 aromatic rings. The van der Waals surface area contributed by atoms with Gasteiger partial charge < -0.3 is 19.1 Å². The number of fused-ring (bicyclic) bond motifs is 1. The van der Waals surface area contributed by atoms with Crippen LogP contribution < -0.4 is 4.74 Å². The quantitative estimate of drug-likeness (QED) is 0.292. The number of aromatic carboxylic acids is 1. The first-order valence-electron chi connectivity index (χ1n) is 13.1. The Kier molecular flexibility index (Phi) is 9.76. The van der Waals surface area contributed by atoms with Gasteiger partial charge in [0.25, 0.3) is 0 Å². The van der Waals surface area contributed by atoms with Crippen LogP contribution in [-0.2, 0) is 24.4 Å². The molecule has 3 heterocycles. The summed E-state index contributed by atoms with van der Waals surface area (Å²) in [6.07, 6.45) is 2.02. The number of rotatable bonds is 10. The molecular weight excluding hydrogens is 507 g/mol. The molecule has 8 nitrogen and oxygen atoms in total. The predicted octanol–water partition coefficient (Wildman–Crippen LogP) is 4.66. The lowest BCUT2D eigenvalue weighted by molar-refractivity contribution is 0.0697. The molecule has 39 heavy (non-hydrogen) atoms. The van der Waals surface area contributed by atoms with Gasteiger partial charge in [0.1, 0.15) is 12.4 Å². The van der Waals surface area contributed by atoms with Gasteiger partial charge in [-0.05, 0) is 62.7 Å². The average molecular weight is 542 g/mol. The molecule has 1 N–H and O–H groups in total. The lowest BCUT2D eigenvalue weighted by Gasteiger charge is -2.31. The van der Waals surface area contributed by atoms with Crippen molar-refractivity contribution in [1.82, 2.24) is 19.4 Å². The van der Waals surface area contributed by atoms with Gasteiger partial charge in [-0.3, -0.25) is 4.90 Å². The molecule has 5 rings (SSSR count). The minimum atomic E-state index is -0.937. The van der Waals surface area contributed by atoms with Gasteiger partial charge in [-0.1, -0.05) is 35.9 Å². The topological polar surface area (TPSA) is 89.7 Å². The predicted molar refractivity (Wildman–Crippen MR) is 151 cm³/mol. The number of benzene rings is 2. The summed E-state index contributed by atoms with van der Waals surface area (Å²) in [4.78, 5) is 23.6. The van der Waals surface area contributed by atoms with E-state index in [1.165, 1.54) is 5.56 Å². The number of piperidine rings is 1. The Bertz CT molecular complexity index is 1400. The van der Waals surface area contributed by atoms with Crippen molar-refractivity contribution in [3.05, 3.63) is 88.9 Å². The van der Waals surface area contributed by atoms with Crippen LogP contribution in [0.15, 0.2) is 60.7 Å². The number of nitrogens with zero attached hydrogens (tertiary/aromatic N) is 4. The highest BCUT2D eigenvalue weighted by Crippen LogP contribution is 2.29. The summed E-state index contributed by atoms with van der Waals surface area (Å²) in [5.74, 6) is 1.05. The Morgan fingerprint density at radius 1 is 1.05 bits per heavy atom. The van der Waals surface area contributed by atoms with Gasteiger partial charge in [-0.25, -0.2) is 14.8 Å². The summed E-state index contributed by atoms with van der Waals surface area (Å²) in [5, 5.41) is 9.43. The zero-order valence-corrected chi connectivity index (χ0v) is 23.7. The van der Waals surface area contributed by atoms with Crippen LogP contribution in [0.1, 0.15) is 51.8 Å². The fraction of sp³-hybridized carbons (Fsp3) is 0.367. The lowest BCUT2D eigenvalue weighted by atomic mass is 9.93. The largest absolute Gasteiger partial charge is 0.478 e. The molecule has 2 aromatic carbocycles. The fourth-order valence-electron chi connectivity index (χ4n) is 5.03. The summed E-state index contributed by atoms with van der Waals surface area (Å²) >= 11 is 0. The van der Waals surface area contributed by atoms with Crippen molar-refractivity contribution in [2.75, 3.05) is 26.8 Å². The molecule has 0 atom stereocenters. The van der Waals surface area contributed by atoms with Gasteiger partial charge >= 0.3 is 5.97 Å². The number of hydrogen-bond acceptors (Lipinski definition) is 6. The van der Waals surface area contributed by atoms with Crippen molar-refractivity contribution < 1.29 is 19.4 Å². The Labute approximate surface area is 239 Å². The van der Waals surface area contributed by atoms with Gasteiger partial charge in [-0.15, -0.1) is 0 Å². The second kappa shape index (κ2) is 13.2. The number of aryl methyl sites for hydroxylation is 1. The molecule has 2 aromatic heterocycles. The van der Waals surface area contributed by atoms with Crippen LogP contribution in [-0.4, -0.2) is 74.7 Å². The third-order valence-corrected chi connectivity index (χ3v) is 7.22. The molecule has 1 fully saturated rings. The maximum Gasteiger partial charge on any atom is 0.335 e. The van der Waals surface area contributed by atoms with E-state index in [2.05, 4.69) is 46.7 Å². The van der Waals surface area contributed by atoms with Crippen molar-refractivity contribution in [2.24, 2.45) is 0 Å². The zero-order chi connectivity index (χ0) is 26.5. The summed E-state index contributed by atoms with van der Waals surface area (Å²) in [6, 6.07) is 19.5. The molecular formula is C30H34AlN4O4. The fourth-order valence-corrected chi connectivity index (χ4v) is 5.03. The van der Waals surface area contributed by atoms with Crippen molar-refractivity contribution in [3.8, 4) is 5.88 Å². The van der Waals surface area contributed by atoms with E-state index in [9.17, 15) is 9.90 Å². The maximum absolute atomic E-state index is 11.5. The molecule has 9 heteroatoms. The van der Waals surface area contributed by atoms with Crippen LogP contribution in [0.2, 0.25) is 0 Å². The SMILES string of the molecule is COCCn1c(CN2CCC(c3cccc(OCc4ccc(C)cc4)n3)CC2)nc2ccc(C(=O)O)cc21.[Al]. The summed E-state index contributed by atoms with van der Waals surface area (Å²) in [6.45, 7) is 6.33. The molecule has 1 saturated heterocycles. The highest BCUT2D eigenvalue weighted by molar-refractivity contribution is 5.92. The number of carboxylic acids is 1. The van der Waals surface area contributed by atoms with Crippen LogP contribution in [0.3, 0.4) is 0 Å². The van der Waals surface area contributed by atoms with Crippen molar-refractivity contribution in [1.29, 1.82) is 0 Å². The summed E-state index contributed by atoms with van der Waals surface area (Å²) < 4.78 is 13.4. The van der Waals surface area contributed by atoms with Gasteiger partial charge in [0.05, 0.1) is 29.7 Å². The second-order valence-corrected chi connectivity index (χ2v) is 9.91. The smallest absolute Gasteiger partial charge is 0.335 e. The minimum absolute atomic E-state index is 0. The molecule has 0 spiro atoms. The number of hydrogen-bond donors (Lipinski definition) is 1. The Hall–Kier alpha value is -3.22. The lowest BCUT2D eigenvalue weighted by Crippen LogP contribution is -2.33. The van der Waals surface area contributed by atoms with Crippen LogP contribution in [0.25, 0.3) is 11.0 Å². The Balaban J connectivity index is 0.00000353. The molecule has 0 saturated carbocycles. The first-order chi connectivity index (χ1) is 18.5. The molecule has 1 aliphatic rings. The van der Waals surface area contributed by atoms with E-state index in [0.717, 1.165) is 54.0 Å². The van der Waals surface area contributed by atoms with E-state index >= 15 is 0 Å². The van der Waals surface area contributed by atoms with Gasteiger partial charge in [0.2, 0.25) is 5.88 Å². The first kappa shape index (κ1) is 28.8. The van der Waals surface area contributed by atoms with E-state index < -0.39 is 5.97 Å². The highest BCUT2D eigenvalue weighted by Gasteiger charge is 2.24. The normalized spacial score (nSPS) is 14.3. The third kappa shape index (κ3) is 7.06. The standard InChI is InChI=1S/C30H34N4O4.Al/c1-21-6-8-22(9-7-21)20-38-29-5-3-4-25(32-29)23-12-14-33(15-13-23)19-28-31-26-11-10-24(30(35)36)18-27(26)34(28)16-17-37-2;/h3-11,18,23H,12-17,19-20H2,1-2H3,(H,35,36);.